The molecule has 1 fully saturated rings. The highest BCUT2D eigenvalue weighted by Crippen LogP contribution is 2.16. The summed E-state index contributed by atoms with van der Waals surface area (Å²) in [6.07, 6.45) is 4.41. The zero-order valence-corrected chi connectivity index (χ0v) is 12.0. The predicted octanol–water partition coefficient (Wildman–Crippen LogP) is 2.38. The standard InChI is InChI=1S/C16H19NO4/c1-2-20-15(18)10-7-12-5-8-13(9-6-12)17-16(19)14-4-3-11-21-14/h5-10,14H,2-4,11H2,1H3,(H,17,19). The molecular weight excluding hydrogens is 270 g/mol. The first kappa shape index (κ1) is 15.3. The van der Waals surface area contributed by atoms with Crippen molar-refractivity contribution in [1.29, 1.82) is 0 Å². The van der Waals surface area contributed by atoms with Gasteiger partial charge in [0.25, 0.3) is 5.91 Å². The monoisotopic (exact) mass is 289 g/mol. The third-order valence-corrected chi connectivity index (χ3v) is 3.10. The van der Waals surface area contributed by atoms with Crippen LogP contribution in [0.15, 0.2) is 30.3 Å². The number of esters is 1. The molecule has 0 radical (unpaired) electrons. The lowest BCUT2D eigenvalue weighted by Crippen LogP contribution is -2.26. The summed E-state index contributed by atoms with van der Waals surface area (Å²) in [5.74, 6) is -0.476. The minimum Gasteiger partial charge on any atom is -0.463 e. The lowest BCUT2D eigenvalue weighted by Gasteiger charge is -2.10. The summed E-state index contributed by atoms with van der Waals surface area (Å²) in [5.41, 5.74) is 1.57. The predicted molar refractivity (Wildman–Crippen MR) is 79.7 cm³/mol. The van der Waals surface area contributed by atoms with E-state index in [9.17, 15) is 9.59 Å². The molecule has 1 heterocycles. The number of carbonyl (C=O) groups excluding carboxylic acids is 2. The van der Waals surface area contributed by atoms with Gasteiger partial charge in [-0.25, -0.2) is 4.79 Å². The van der Waals surface area contributed by atoms with Gasteiger partial charge in [-0.1, -0.05) is 12.1 Å². The normalized spacial score (nSPS) is 17.9. The van der Waals surface area contributed by atoms with Crippen molar-refractivity contribution in [2.45, 2.75) is 25.9 Å². The number of nitrogens with one attached hydrogen (secondary N) is 1. The molecule has 1 aliphatic rings. The van der Waals surface area contributed by atoms with Gasteiger partial charge in [-0.3, -0.25) is 4.79 Å². The summed E-state index contributed by atoms with van der Waals surface area (Å²) < 4.78 is 10.1. The van der Waals surface area contributed by atoms with Gasteiger partial charge in [0, 0.05) is 18.4 Å². The zero-order chi connectivity index (χ0) is 15.1. The SMILES string of the molecule is CCOC(=O)C=Cc1ccc(NC(=O)C2CCCO2)cc1. The van der Waals surface area contributed by atoms with E-state index in [-0.39, 0.29) is 18.0 Å². The molecule has 0 bridgehead atoms. The molecule has 1 N–H and O–H groups in total. The van der Waals surface area contributed by atoms with Crippen LogP contribution in [0.1, 0.15) is 25.3 Å². The molecule has 112 valence electrons. The van der Waals surface area contributed by atoms with Crippen LogP contribution in [0.4, 0.5) is 5.69 Å². The third-order valence-electron chi connectivity index (χ3n) is 3.10. The minimum atomic E-state index is -0.367. The van der Waals surface area contributed by atoms with E-state index in [4.69, 9.17) is 9.47 Å². The van der Waals surface area contributed by atoms with Crippen molar-refractivity contribution in [3.63, 3.8) is 0 Å². The molecule has 5 nitrogen and oxygen atoms in total. The van der Waals surface area contributed by atoms with Gasteiger partial charge in [-0.05, 0) is 43.5 Å². The summed E-state index contributed by atoms with van der Waals surface area (Å²) in [6, 6.07) is 7.22. The van der Waals surface area contributed by atoms with Crippen LogP contribution in [0, 0.1) is 0 Å². The summed E-state index contributed by atoms with van der Waals surface area (Å²) in [5, 5.41) is 2.82. The van der Waals surface area contributed by atoms with Crippen LogP contribution in [-0.2, 0) is 19.1 Å². The zero-order valence-electron chi connectivity index (χ0n) is 12.0. The van der Waals surface area contributed by atoms with Crippen LogP contribution >= 0.6 is 0 Å². The number of ether oxygens (including phenoxy) is 2. The highest BCUT2D eigenvalue weighted by molar-refractivity contribution is 5.94. The maximum atomic E-state index is 11.9. The molecule has 1 atom stereocenters. The smallest absolute Gasteiger partial charge is 0.330 e. The molecular formula is C16H19NO4. The molecule has 0 aromatic heterocycles. The molecule has 0 saturated carbocycles. The van der Waals surface area contributed by atoms with Crippen molar-refractivity contribution >= 4 is 23.6 Å². The van der Waals surface area contributed by atoms with E-state index in [1.807, 2.05) is 12.1 Å². The average molecular weight is 289 g/mol. The van der Waals surface area contributed by atoms with Crippen LogP contribution in [-0.4, -0.2) is 31.2 Å². The first-order valence-corrected chi connectivity index (χ1v) is 7.06. The molecule has 1 saturated heterocycles. The van der Waals surface area contributed by atoms with Crippen molar-refractivity contribution in [1.82, 2.24) is 0 Å². The van der Waals surface area contributed by atoms with E-state index >= 15 is 0 Å². The topological polar surface area (TPSA) is 64.6 Å². The van der Waals surface area contributed by atoms with Crippen LogP contribution in [0.3, 0.4) is 0 Å². The van der Waals surface area contributed by atoms with Crippen molar-refractivity contribution in [3.8, 4) is 0 Å². The fourth-order valence-electron chi connectivity index (χ4n) is 2.04. The fraction of sp³-hybridized carbons (Fsp3) is 0.375. The Morgan fingerprint density at radius 3 is 2.76 bits per heavy atom. The number of amides is 1. The Bertz CT molecular complexity index is 516. The highest BCUT2D eigenvalue weighted by atomic mass is 16.5. The van der Waals surface area contributed by atoms with Gasteiger partial charge in [-0.2, -0.15) is 0 Å². The summed E-state index contributed by atoms with van der Waals surface area (Å²) >= 11 is 0. The second-order valence-corrected chi connectivity index (χ2v) is 4.70. The maximum absolute atomic E-state index is 11.9. The number of hydrogen-bond donors (Lipinski definition) is 1. The summed E-state index contributed by atoms with van der Waals surface area (Å²) in [6.45, 7) is 2.77. The van der Waals surface area contributed by atoms with Gasteiger partial charge in [-0.15, -0.1) is 0 Å². The maximum Gasteiger partial charge on any atom is 0.330 e. The Labute approximate surface area is 123 Å². The Balaban J connectivity index is 1.89. The Morgan fingerprint density at radius 1 is 1.38 bits per heavy atom. The first-order valence-electron chi connectivity index (χ1n) is 7.06. The Morgan fingerprint density at radius 2 is 2.14 bits per heavy atom. The van der Waals surface area contributed by atoms with Crippen molar-refractivity contribution < 1.29 is 19.1 Å². The molecule has 0 spiro atoms. The van der Waals surface area contributed by atoms with E-state index in [1.165, 1.54) is 6.08 Å². The molecule has 5 heteroatoms. The Hall–Kier alpha value is -2.14. The van der Waals surface area contributed by atoms with Gasteiger partial charge in [0.15, 0.2) is 0 Å². The molecule has 2 rings (SSSR count). The molecule has 1 unspecified atom stereocenters. The van der Waals surface area contributed by atoms with Crippen molar-refractivity contribution in [3.05, 3.63) is 35.9 Å². The van der Waals surface area contributed by atoms with Gasteiger partial charge >= 0.3 is 5.97 Å². The van der Waals surface area contributed by atoms with Crippen LogP contribution in [0.2, 0.25) is 0 Å². The van der Waals surface area contributed by atoms with E-state index < -0.39 is 0 Å². The molecule has 0 aliphatic carbocycles. The number of hydrogen-bond acceptors (Lipinski definition) is 4. The lowest BCUT2D eigenvalue weighted by atomic mass is 10.2. The average Bonchev–Trinajstić information content (AvgIpc) is 3.01. The number of rotatable bonds is 5. The first-order chi connectivity index (χ1) is 10.2. The van der Waals surface area contributed by atoms with Gasteiger partial charge in [0.1, 0.15) is 6.10 Å². The largest absolute Gasteiger partial charge is 0.463 e. The van der Waals surface area contributed by atoms with E-state index in [1.54, 1.807) is 25.1 Å². The summed E-state index contributed by atoms with van der Waals surface area (Å²) in [7, 11) is 0. The minimum absolute atomic E-state index is 0.109. The van der Waals surface area contributed by atoms with Crippen molar-refractivity contribution in [2.75, 3.05) is 18.5 Å². The molecule has 1 amide bonds. The molecule has 1 aromatic carbocycles. The van der Waals surface area contributed by atoms with E-state index in [0.29, 0.717) is 18.9 Å². The number of anilines is 1. The number of benzene rings is 1. The third kappa shape index (κ3) is 4.72. The van der Waals surface area contributed by atoms with Crippen LogP contribution in [0.25, 0.3) is 6.08 Å². The van der Waals surface area contributed by atoms with E-state index in [0.717, 1.165) is 18.4 Å². The van der Waals surface area contributed by atoms with Crippen molar-refractivity contribution in [2.24, 2.45) is 0 Å². The summed E-state index contributed by atoms with van der Waals surface area (Å²) in [4.78, 5) is 23.1. The Kier molecular flexibility index (Phi) is 5.51. The number of carbonyl (C=O) groups is 2. The van der Waals surface area contributed by atoms with Gasteiger partial charge in [0.2, 0.25) is 0 Å². The van der Waals surface area contributed by atoms with Crippen LogP contribution in [0.5, 0.6) is 0 Å². The van der Waals surface area contributed by atoms with Crippen LogP contribution < -0.4 is 5.32 Å². The second kappa shape index (κ2) is 7.59. The fourth-order valence-corrected chi connectivity index (χ4v) is 2.04. The highest BCUT2D eigenvalue weighted by Gasteiger charge is 2.23. The van der Waals surface area contributed by atoms with Gasteiger partial charge < -0.3 is 14.8 Å². The second-order valence-electron chi connectivity index (χ2n) is 4.70. The molecule has 1 aliphatic heterocycles. The molecule has 1 aromatic rings. The lowest BCUT2D eigenvalue weighted by molar-refractivity contribution is -0.137. The quantitative estimate of drug-likeness (QED) is 0.667. The van der Waals surface area contributed by atoms with E-state index in [2.05, 4.69) is 5.32 Å². The molecule has 21 heavy (non-hydrogen) atoms. The van der Waals surface area contributed by atoms with Gasteiger partial charge in [0.05, 0.1) is 6.61 Å².